The van der Waals surface area contributed by atoms with Crippen molar-refractivity contribution < 1.29 is 9.32 Å². The van der Waals surface area contributed by atoms with Gasteiger partial charge in [0.25, 0.3) is 0 Å². The Balaban J connectivity index is 1.48. The van der Waals surface area contributed by atoms with Crippen molar-refractivity contribution in [2.24, 2.45) is 0 Å². The van der Waals surface area contributed by atoms with E-state index in [0.717, 1.165) is 27.4 Å². The molecule has 4 aromatic rings. The molecular formula is C23H24N4O2S. The number of amides is 1. The molecule has 0 spiro atoms. The Kier molecular flexibility index (Phi) is 5.81. The molecule has 6 nitrogen and oxygen atoms in total. The molecule has 0 unspecified atom stereocenters. The van der Waals surface area contributed by atoms with Gasteiger partial charge in [-0.25, -0.2) is 0 Å². The first-order chi connectivity index (χ1) is 14.5. The number of nitrogens with zero attached hydrogens (tertiary/aromatic N) is 3. The van der Waals surface area contributed by atoms with E-state index >= 15 is 0 Å². The van der Waals surface area contributed by atoms with Gasteiger partial charge in [0.05, 0.1) is 40.5 Å². The van der Waals surface area contributed by atoms with E-state index in [2.05, 4.69) is 21.6 Å². The number of hydrogen-bond donors (Lipinski definition) is 1. The Bertz CT molecular complexity index is 1130. The van der Waals surface area contributed by atoms with E-state index in [4.69, 9.17) is 4.52 Å². The van der Waals surface area contributed by atoms with Crippen LogP contribution in [0.4, 0.5) is 0 Å². The number of hydrogen-bond acceptors (Lipinski definition) is 5. The molecule has 4 rings (SSSR count). The highest BCUT2D eigenvalue weighted by Crippen LogP contribution is 2.34. The lowest BCUT2D eigenvalue weighted by molar-refractivity contribution is -0.122. The number of benzene rings is 1. The average molecular weight is 421 g/mol. The lowest BCUT2D eigenvalue weighted by atomic mass is 9.99. The van der Waals surface area contributed by atoms with Gasteiger partial charge in [-0.05, 0) is 37.8 Å². The van der Waals surface area contributed by atoms with E-state index in [1.165, 1.54) is 5.56 Å². The molecule has 0 radical (unpaired) electrons. The Morgan fingerprint density at radius 1 is 1.23 bits per heavy atom. The van der Waals surface area contributed by atoms with Crippen molar-refractivity contribution in [3.05, 3.63) is 70.9 Å². The average Bonchev–Trinajstić information content (AvgIpc) is 3.48. The highest BCUT2D eigenvalue weighted by molar-refractivity contribution is 7.13. The van der Waals surface area contributed by atoms with Gasteiger partial charge in [-0.1, -0.05) is 41.1 Å². The van der Waals surface area contributed by atoms with Crippen LogP contribution in [0.3, 0.4) is 0 Å². The van der Waals surface area contributed by atoms with E-state index in [1.807, 2.05) is 67.2 Å². The van der Waals surface area contributed by atoms with Crippen LogP contribution in [0, 0.1) is 13.8 Å². The zero-order valence-corrected chi connectivity index (χ0v) is 18.1. The van der Waals surface area contributed by atoms with Crippen molar-refractivity contribution in [2.75, 3.05) is 6.54 Å². The second-order valence-electron chi connectivity index (χ2n) is 7.36. The van der Waals surface area contributed by atoms with Crippen LogP contribution in [-0.2, 0) is 11.3 Å². The lowest BCUT2D eigenvalue weighted by Gasteiger charge is -2.14. The van der Waals surface area contributed by atoms with Gasteiger partial charge < -0.3 is 9.84 Å². The minimum absolute atomic E-state index is 0.00904. The summed E-state index contributed by atoms with van der Waals surface area (Å²) >= 11 is 1.64. The van der Waals surface area contributed by atoms with Crippen LogP contribution in [0.2, 0.25) is 0 Å². The number of carbonyl (C=O) groups excluding carboxylic acids is 1. The normalized spacial score (nSPS) is 12.1. The fraction of sp³-hybridized carbons (Fsp3) is 0.261. The molecule has 0 aliphatic rings. The van der Waals surface area contributed by atoms with Gasteiger partial charge in [0.1, 0.15) is 0 Å². The summed E-state index contributed by atoms with van der Waals surface area (Å²) in [6, 6.07) is 14.1. The summed E-state index contributed by atoms with van der Waals surface area (Å²) in [7, 11) is 0. The van der Waals surface area contributed by atoms with Gasteiger partial charge in [0.15, 0.2) is 5.76 Å². The highest BCUT2D eigenvalue weighted by Gasteiger charge is 2.19. The first-order valence-corrected chi connectivity index (χ1v) is 10.8. The Morgan fingerprint density at radius 2 is 2.03 bits per heavy atom. The minimum atomic E-state index is -0.201. The van der Waals surface area contributed by atoms with Gasteiger partial charge in [0.2, 0.25) is 5.91 Å². The molecular weight excluding hydrogens is 396 g/mol. The van der Waals surface area contributed by atoms with E-state index < -0.39 is 0 Å². The van der Waals surface area contributed by atoms with Crippen LogP contribution in [0.25, 0.3) is 21.9 Å². The molecule has 0 saturated heterocycles. The molecule has 154 valence electrons. The Hall–Kier alpha value is -3.19. The van der Waals surface area contributed by atoms with Crippen molar-refractivity contribution in [3.63, 3.8) is 0 Å². The maximum absolute atomic E-state index is 12.6. The topological polar surface area (TPSA) is 73.0 Å². The second-order valence-corrected chi connectivity index (χ2v) is 8.31. The van der Waals surface area contributed by atoms with Crippen LogP contribution < -0.4 is 5.32 Å². The van der Waals surface area contributed by atoms with Crippen LogP contribution >= 0.6 is 11.3 Å². The molecule has 1 N–H and O–H groups in total. The number of aromatic nitrogens is 3. The van der Waals surface area contributed by atoms with Gasteiger partial charge in [-0.15, -0.1) is 11.3 Å². The summed E-state index contributed by atoms with van der Waals surface area (Å²) in [5, 5.41) is 13.6. The predicted molar refractivity (Wildman–Crippen MR) is 118 cm³/mol. The monoisotopic (exact) mass is 420 g/mol. The Labute approximate surface area is 179 Å². The van der Waals surface area contributed by atoms with Gasteiger partial charge in [-0.3, -0.25) is 9.48 Å². The molecule has 30 heavy (non-hydrogen) atoms. The smallest absolute Gasteiger partial charge is 0.227 e. The molecule has 1 amide bonds. The Morgan fingerprint density at radius 3 is 2.70 bits per heavy atom. The standard InChI is InChI=1S/C23H24N4O2S/c1-15-6-8-18(9-7-15)17(3)23(28)24-10-11-27-22(21-5-4-12-30-21)19(14-25-27)20-13-16(2)26-29-20/h4-9,12-14,17H,10-11H2,1-3H3,(H,24,28)/t17-/m0/s1. The summed E-state index contributed by atoms with van der Waals surface area (Å²) < 4.78 is 7.38. The number of rotatable bonds is 7. The maximum Gasteiger partial charge on any atom is 0.227 e. The second kappa shape index (κ2) is 8.67. The quantitative estimate of drug-likeness (QED) is 0.466. The highest BCUT2D eigenvalue weighted by atomic mass is 32.1. The van der Waals surface area contributed by atoms with Crippen LogP contribution in [-0.4, -0.2) is 27.4 Å². The fourth-order valence-electron chi connectivity index (χ4n) is 3.34. The molecule has 0 fully saturated rings. The largest absolute Gasteiger partial charge is 0.356 e. The lowest BCUT2D eigenvalue weighted by Crippen LogP contribution is -2.31. The number of aryl methyl sites for hydroxylation is 2. The molecule has 0 bridgehead atoms. The predicted octanol–water partition coefficient (Wildman–Crippen LogP) is 4.80. The molecule has 0 aliphatic carbocycles. The van der Waals surface area contributed by atoms with Crippen molar-refractivity contribution >= 4 is 17.2 Å². The van der Waals surface area contributed by atoms with Crippen molar-refractivity contribution in [1.82, 2.24) is 20.3 Å². The first kappa shape index (κ1) is 20.1. The van der Waals surface area contributed by atoms with E-state index in [1.54, 1.807) is 17.5 Å². The molecule has 7 heteroatoms. The van der Waals surface area contributed by atoms with Gasteiger partial charge >= 0.3 is 0 Å². The van der Waals surface area contributed by atoms with Crippen molar-refractivity contribution in [3.8, 4) is 21.9 Å². The summed E-state index contributed by atoms with van der Waals surface area (Å²) in [5.41, 5.74) is 4.90. The molecule has 0 aliphatic heterocycles. The summed E-state index contributed by atoms with van der Waals surface area (Å²) in [5.74, 6) is 0.502. The summed E-state index contributed by atoms with van der Waals surface area (Å²) in [4.78, 5) is 13.7. The molecule has 1 atom stereocenters. The SMILES string of the molecule is Cc1ccc([C@H](C)C(=O)NCCn2ncc(-c3cc(C)no3)c2-c2cccs2)cc1. The van der Waals surface area contributed by atoms with Gasteiger partial charge in [-0.2, -0.15) is 5.10 Å². The van der Waals surface area contributed by atoms with Gasteiger partial charge in [0, 0.05) is 12.6 Å². The van der Waals surface area contributed by atoms with Crippen LogP contribution in [0.1, 0.15) is 29.7 Å². The van der Waals surface area contributed by atoms with Crippen LogP contribution in [0.5, 0.6) is 0 Å². The number of nitrogens with one attached hydrogen (secondary N) is 1. The van der Waals surface area contributed by atoms with E-state index in [0.29, 0.717) is 18.8 Å². The molecule has 0 saturated carbocycles. The minimum Gasteiger partial charge on any atom is -0.356 e. The third kappa shape index (κ3) is 4.21. The molecule has 3 aromatic heterocycles. The summed E-state index contributed by atoms with van der Waals surface area (Å²) in [6.07, 6.45) is 1.80. The zero-order valence-electron chi connectivity index (χ0n) is 17.3. The third-order valence-corrected chi connectivity index (χ3v) is 5.96. The summed E-state index contributed by atoms with van der Waals surface area (Å²) in [6.45, 7) is 6.91. The van der Waals surface area contributed by atoms with E-state index in [-0.39, 0.29) is 11.8 Å². The molecule has 1 aromatic carbocycles. The maximum atomic E-state index is 12.6. The first-order valence-electron chi connectivity index (χ1n) is 9.90. The van der Waals surface area contributed by atoms with Crippen molar-refractivity contribution in [1.29, 1.82) is 0 Å². The third-order valence-electron chi connectivity index (χ3n) is 5.08. The number of carbonyl (C=O) groups is 1. The van der Waals surface area contributed by atoms with Crippen LogP contribution in [0.15, 0.2) is 58.6 Å². The zero-order chi connectivity index (χ0) is 21.1. The number of thiophene rings is 1. The van der Waals surface area contributed by atoms with E-state index in [9.17, 15) is 4.79 Å². The molecule has 3 heterocycles. The fourth-order valence-corrected chi connectivity index (χ4v) is 4.13. The van der Waals surface area contributed by atoms with Crippen molar-refractivity contribution in [2.45, 2.75) is 33.2 Å².